The summed E-state index contributed by atoms with van der Waals surface area (Å²) < 4.78 is 2.09. The van der Waals surface area contributed by atoms with Crippen molar-refractivity contribution < 1.29 is 0 Å². The van der Waals surface area contributed by atoms with E-state index in [-0.39, 0.29) is 0 Å². The van der Waals surface area contributed by atoms with Crippen LogP contribution in [0.1, 0.15) is 5.82 Å². The minimum absolute atomic E-state index is 0.734. The molecule has 2 aliphatic heterocycles. The second-order valence-corrected chi connectivity index (χ2v) is 6.23. The van der Waals surface area contributed by atoms with Crippen molar-refractivity contribution >= 4 is 5.65 Å². The van der Waals surface area contributed by atoms with Gasteiger partial charge in [0, 0.05) is 51.5 Å². The predicted molar refractivity (Wildman–Crippen MR) is 81.1 cm³/mol. The van der Waals surface area contributed by atoms with E-state index in [1.54, 1.807) is 0 Å². The Labute approximate surface area is 125 Å². The number of piperazine rings is 1. The van der Waals surface area contributed by atoms with Gasteiger partial charge in [-0.2, -0.15) is 0 Å². The van der Waals surface area contributed by atoms with Crippen molar-refractivity contribution in [3.63, 3.8) is 0 Å². The number of hydrogen-bond donors (Lipinski definition) is 0. The van der Waals surface area contributed by atoms with E-state index in [4.69, 9.17) is 0 Å². The highest BCUT2D eigenvalue weighted by Gasteiger charge is 2.33. The molecule has 0 aliphatic carbocycles. The maximum Gasteiger partial charge on any atom is 0.160 e. The Bertz CT molecular complexity index is 609. The molecule has 2 aromatic rings. The summed E-state index contributed by atoms with van der Waals surface area (Å²) in [5, 5.41) is 8.53. The van der Waals surface area contributed by atoms with Gasteiger partial charge in [0.1, 0.15) is 0 Å². The molecular formula is C15H22N6. The number of likely N-dealkylation sites (N-methyl/N-ethyl adjacent to an activating group) is 1. The molecule has 2 aliphatic rings. The summed E-state index contributed by atoms with van der Waals surface area (Å²) in [6.07, 6.45) is 2.04. The lowest BCUT2D eigenvalue weighted by molar-refractivity contribution is 0.00411. The maximum atomic E-state index is 4.32. The number of aromatic nitrogens is 3. The van der Waals surface area contributed by atoms with Crippen LogP contribution in [0.5, 0.6) is 0 Å². The molecule has 4 rings (SSSR count). The van der Waals surface area contributed by atoms with Gasteiger partial charge in [0.15, 0.2) is 11.5 Å². The molecule has 0 radical (unpaired) electrons. The van der Waals surface area contributed by atoms with Gasteiger partial charge < -0.3 is 4.90 Å². The minimum atomic E-state index is 0.734. The Balaban J connectivity index is 1.34. The van der Waals surface area contributed by atoms with Crippen molar-refractivity contribution in [2.24, 2.45) is 0 Å². The highest BCUT2D eigenvalue weighted by atomic mass is 15.4. The van der Waals surface area contributed by atoms with Crippen LogP contribution in [-0.2, 0) is 6.54 Å². The molecule has 2 fully saturated rings. The molecule has 2 saturated heterocycles. The number of nitrogens with zero attached hydrogens (tertiary/aromatic N) is 6. The van der Waals surface area contributed by atoms with E-state index in [1.807, 2.05) is 24.4 Å². The molecule has 6 heteroatoms. The Kier molecular flexibility index (Phi) is 3.37. The third kappa shape index (κ3) is 2.54. The Hall–Kier alpha value is -1.50. The Morgan fingerprint density at radius 3 is 2.71 bits per heavy atom. The fourth-order valence-electron chi connectivity index (χ4n) is 3.29. The van der Waals surface area contributed by atoms with Crippen LogP contribution >= 0.6 is 0 Å². The van der Waals surface area contributed by atoms with Crippen molar-refractivity contribution in [3.05, 3.63) is 30.2 Å². The number of fused-ring (bicyclic) bond motifs is 1. The highest BCUT2D eigenvalue weighted by molar-refractivity contribution is 5.36. The average Bonchev–Trinajstić information content (AvgIpc) is 2.87. The van der Waals surface area contributed by atoms with E-state index in [9.17, 15) is 0 Å². The topological polar surface area (TPSA) is 39.9 Å². The molecule has 0 bridgehead atoms. The van der Waals surface area contributed by atoms with Gasteiger partial charge in [-0.15, -0.1) is 10.2 Å². The molecule has 4 heterocycles. The van der Waals surface area contributed by atoms with E-state index < -0.39 is 0 Å². The molecule has 0 amide bonds. The van der Waals surface area contributed by atoms with E-state index in [0.29, 0.717) is 0 Å². The van der Waals surface area contributed by atoms with Crippen LogP contribution in [0.15, 0.2) is 24.4 Å². The molecule has 0 atom stereocenters. The summed E-state index contributed by atoms with van der Waals surface area (Å²) in [4.78, 5) is 7.51. The first kappa shape index (κ1) is 13.2. The Morgan fingerprint density at radius 1 is 1.10 bits per heavy atom. The van der Waals surface area contributed by atoms with Gasteiger partial charge in [0.05, 0.1) is 6.54 Å². The van der Waals surface area contributed by atoms with Gasteiger partial charge in [-0.1, -0.05) is 6.07 Å². The van der Waals surface area contributed by atoms with Gasteiger partial charge in [-0.25, -0.2) is 0 Å². The number of rotatable bonds is 3. The smallest absolute Gasteiger partial charge is 0.160 e. The third-order valence-corrected chi connectivity index (χ3v) is 4.74. The van der Waals surface area contributed by atoms with E-state index in [1.165, 1.54) is 26.2 Å². The number of hydrogen-bond acceptors (Lipinski definition) is 5. The first-order chi connectivity index (χ1) is 10.3. The minimum Gasteiger partial charge on any atom is -0.304 e. The second-order valence-electron chi connectivity index (χ2n) is 6.23. The van der Waals surface area contributed by atoms with Gasteiger partial charge in [0.25, 0.3) is 0 Å². The first-order valence-corrected chi connectivity index (χ1v) is 7.73. The zero-order valence-electron chi connectivity index (χ0n) is 12.5. The summed E-state index contributed by atoms with van der Waals surface area (Å²) in [7, 11) is 2.21. The highest BCUT2D eigenvalue weighted by Crippen LogP contribution is 2.19. The molecule has 6 nitrogen and oxygen atoms in total. The van der Waals surface area contributed by atoms with Gasteiger partial charge in [-0.05, 0) is 19.2 Å². The van der Waals surface area contributed by atoms with Crippen molar-refractivity contribution in [1.29, 1.82) is 0 Å². The maximum absolute atomic E-state index is 4.32. The summed E-state index contributed by atoms with van der Waals surface area (Å²) in [5.41, 5.74) is 0.934. The molecule has 112 valence electrons. The molecule has 0 spiro atoms. The van der Waals surface area contributed by atoms with E-state index in [0.717, 1.165) is 37.1 Å². The summed E-state index contributed by atoms with van der Waals surface area (Å²) in [5.74, 6) is 1.04. The van der Waals surface area contributed by atoms with E-state index >= 15 is 0 Å². The third-order valence-electron chi connectivity index (χ3n) is 4.74. The van der Waals surface area contributed by atoms with Crippen molar-refractivity contribution in [2.45, 2.75) is 12.6 Å². The lowest BCUT2D eigenvalue weighted by Gasteiger charge is -2.47. The summed E-state index contributed by atoms with van der Waals surface area (Å²) >= 11 is 0. The normalized spacial score (nSPS) is 22.7. The predicted octanol–water partition coefficient (Wildman–Crippen LogP) is 0.161. The van der Waals surface area contributed by atoms with E-state index in [2.05, 4.69) is 36.3 Å². The largest absolute Gasteiger partial charge is 0.304 e. The zero-order valence-corrected chi connectivity index (χ0v) is 12.5. The number of pyridine rings is 1. The van der Waals surface area contributed by atoms with Crippen LogP contribution in [0.3, 0.4) is 0 Å². The van der Waals surface area contributed by atoms with Crippen LogP contribution < -0.4 is 0 Å². The van der Waals surface area contributed by atoms with Crippen molar-refractivity contribution in [1.82, 2.24) is 29.3 Å². The fourth-order valence-corrected chi connectivity index (χ4v) is 3.29. The monoisotopic (exact) mass is 286 g/mol. The van der Waals surface area contributed by atoms with Crippen molar-refractivity contribution in [3.8, 4) is 0 Å². The number of likely N-dealkylation sites (tertiary alicyclic amines) is 1. The molecule has 2 aromatic heterocycles. The van der Waals surface area contributed by atoms with Crippen molar-refractivity contribution in [2.75, 3.05) is 46.3 Å². The molecule has 0 aromatic carbocycles. The lowest BCUT2D eigenvalue weighted by atomic mass is 10.1. The van der Waals surface area contributed by atoms with Crippen LogP contribution in [0.2, 0.25) is 0 Å². The van der Waals surface area contributed by atoms with Crippen LogP contribution in [0.25, 0.3) is 5.65 Å². The van der Waals surface area contributed by atoms with Gasteiger partial charge >= 0.3 is 0 Å². The second kappa shape index (κ2) is 5.36. The van der Waals surface area contributed by atoms with Crippen LogP contribution in [0, 0.1) is 0 Å². The summed E-state index contributed by atoms with van der Waals surface area (Å²) in [6.45, 7) is 8.04. The van der Waals surface area contributed by atoms with Gasteiger partial charge in [0.2, 0.25) is 0 Å². The molecule has 0 N–H and O–H groups in total. The molecule has 21 heavy (non-hydrogen) atoms. The molecule has 0 saturated carbocycles. The molecular weight excluding hydrogens is 264 g/mol. The van der Waals surface area contributed by atoms with Gasteiger partial charge in [-0.3, -0.25) is 14.2 Å². The lowest BCUT2D eigenvalue weighted by Crippen LogP contribution is -2.62. The fraction of sp³-hybridized carbons (Fsp3) is 0.600. The van der Waals surface area contributed by atoms with Crippen LogP contribution in [-0.4, -0.2) is 81.7 Å². The SMILES string of the molecule is CN1CCN(C2CN(Cc3nnc4ccccn34)C2)CC1. The first-order valence-electron chi connectivity index (χ1n) is 7.73. The Morgan fingerprint density at radius 2 is 1.90 bits per heavy atom. The standard InChI is InChI=1S/C15H22N6/c1-18-6-8-20(9-7-18)13-10-19(11-13)12-15-17-16-14-4-2-3-5-21(14)15/h2-5,13H,6-12H2,1H3. The van der Waals surface area contributed by atoms with Crippen LogP contribution in [0.4, 0.5) is 0 Å². The average molecular weight is 286 g/mol. The zero-order chi connectivity index (χ0) is 14.2. The summed E-state index contributed by atoms with van der Waals surface area (Å²) in [6, 6.07) is 6.77. The quantitative estimate of drug-likeness (QED) is 0.804. The molecule has 0 unspecified atom stereocenters.